The van der Waals surface area contributed by atoms with Crippen molar-refractivity contribution in [3.8, 4) is 11.5 Å². The highest BCUT2D eigenvalue weighted by atomic mass is 16.5. The second-order valence-electron chi connectivity index (χ2n) is 8.19. The molecule has 1 unspecified atom stereocenters. The van der Waals surface area contributed by atoms with Gasteiger partial charge in [-0.05, 0) is 57.7 Å². The minimum Gasteiger partial charge on any atom is -0.508 e. The van der Waals surface area contributed by atoms with Crippen LogP contribution in [0.15, 0.2) is 23.8 Å². The summed E-state index contributed by atoms with van der Waals surface area (Å²) in [6.07, 6.45) is 6.21. The summed E-state index contributed by atoms with van der Waals surface area (Å²) in [5, 5.41) is 10.7. The van der Waals surface area contributed by atoms with Gasteiger partial charge >= 0.3 is 5.97 Å². The molecular weight excluding hydrogens is 328 g/mol. The Bertz CT molecular complexity index is 717. The van der Waals surface area contributed by atoms with Crippen molar-refractivity contribution in [1.29, 1.82) is 0 Å². The lowest BCUT2D eigenvalue weighted by molar-refractivity contribution is -0.142. The number of phenolic OH excluding ortho intramolecular Hbond substituents is 1. The molecule has 1 heterocycles. The van der Waals surface area contributed by atoms with Gasteiger partial charge in [0.25, 0.3) is 0 Å². The van der Waals surface area contributed by atoms with Crippen LogP contribution in [0.5, 0.6) is 11.5 Å². The lowest BCUT2D eigenvalue weighted by atomic mass is 9.67. The fourth-order valence-corrected chi connectivity index (χ4v) is 4.27. The SMILES string of the molecule is CCCCOC(=O)Cc1cc(O)c2c(c1)OC(C)(C)C1CC=C(C)C[C@@H]21. The quantitative estimate of drug-likeness (QED) is 0.463. The molecule has 1 aromatic carbocycles. The Kier molecular flexibility index (Phi) is 5.31. The van der Waals surface area contributed by atoms with Gasteiger partial charge in [-0.25, -0.2) is 0 Å². The number of carbonyl (C=O) groups is 1. The van der Waals surface area contributed by atoms with Crippen LogP contribution in [-0.2, 0) is 16.0 Å². The number of benzene rings is 1. The number of ether oxygens (including phenoxy) is 2. The summed E-state index contributed by atoms with van der Waals surface area (Å²) in [5.41, 5.74) is 2.68. The maximum Gasteiger partial charge on any atom is 0.310 e. The molecule has 0 amide bonds. The van der Waals surface area contributed by atoms with Crippen LogP contribution in [-0.4, -0.2) is 23.3 Å². The average Bonchev–Trinajstić information content (AvgIpc) is 2.53. The minimum atomic E-state index is -0.304. The zero-order valence-electron chi connectivity index (χ0n) is 16.3. The lowest BCUT2D eigenvalue weighted by Crippen LogP contribution is -2.45. The molecule has 26 heavy (non-hydrogen) atoms. The van der Waals surface area contributed by atoms with Crippen molar-refractivity contribution < 1.29 is 19.4 Å². The molecule has 1 aliphatic carbocycles. The molecule has 142 valence electrons. The molecule has 0 saturated heterocycles. The van der Waals surface area contributed by atoms with Crippen molar-refractivity contribution in [3.05, 3.63) is 34.9 Å². The van der Waals surface area contributed by atoms with Crippen LogP contribution in [0.1, 0.15) is 70.4 Å². The first-order chi connectivity index (χ1) is 12.3. The molecule has 0 fully saturated rings. The van der Waals surface area contributed by atoms with E-state index in [1.807, 2.05) is 6.07 Å². The fraction of sp³-hybridized carbons (Fsp3) is 0.591. The molecule has 3 rings (SSSR count). The van der Waals surface area contributed by atoms with E-state index in [-0.39, 0.29) is 29.7 Å². The molecule has 0 bridgehead atoms. The fourth-order valence-electron chi connectivity index (χ4n) is 4.27. The molecule has 2 aliphatic rings. The van der Waals surface area contributed by atoms with E-state index < -0.39 is 0 Å². The standard InChI is InChI=1S/C22H30O4/c1-5-6-9-25-20(24)13-15-11-18(23)21-16-10-14(2)7-8-17(16)22(3,4)26-19(21)12-15/h7,11-12,16-17,23H,5-6,8-10,13H2,1-4H3/t16-,17?/m1/s1. The van der Waals surface area contributed by atoms with Crippen LogP contribution in [0.25, 0.3) is 0 Å². The molecule has 0 radical (unpaired) electrons. The van der Waals surface area contributed by atoms with Crippen LogP contribution in [0, 0.1) is 5.92 Å². The normalized spacial score (nSPS) is 23.3. The molecule has 4 nitrogen and oxygen atoms in total. The van der Waals surface area contributed by atoms with Gasteiger partial charge in [-0.2, -0.15) is 0 Å². The summed E-state index contributed by atoms with van der Waals surface area (Å²) < 4.78 is 11.5. The first kappa shape index (κ1) is 18.8. The number of unbranched alkanes of at least 4 members (excludes halogenated alkanes) is 1. The zero-order chi connectivity index (χ0) is 18.9. The molecule has 0 aromatic heterocycles. The molecule has 2 atom stereocenters. The number of allylic oxidation sites excluding steroid dienone is 2. The van der Waals surface area contributed by atoms with Crippen molar-refractivity contribution in [2.45, 2.75) is 71.3 Å². The molecule has 1 aromatic rings. The van der Waals surface area contributed by atoms with Gasteiger partial charge in [0.05, 0.1) is 13.0 Å². The van der Waals surface area contributed by atoms with Crippen LogP contribution in [0.2, 0.25) is 0 Å². The number of hydrogen-bond donors (Lipinski definition) is 1. The second-order valence-corrected chi connectivity index (χ2v) is 8.19. The summed E-state index contributed by atoms with van der Waals surface area (Å²) in [6, 6.07) is 3.61. The first-order valence-corrected chi connectivity index (χ1v) is 9.68. The number of carbonyl (C=O) groups excluding carboxylic acids is 1. The van der Waals surface area contributed by atoms with E-state index >= 15 is 0 Å². The van der Waals surface area contributed by atoms with Gasteiger partial charge in [0, 0.05) is 17.4 Å². The number of esters is 1. The number of hydrogen-bond acceptors (Lipinski definition) is 4. The maximum atomic E-state index is 12.0. The largest absolute Gasteiger partial charge is 0.508 e. The van der Waals surface area contributed by atoms with E-state index in [0.29, 0.717) is 18.3 Å². The minimum absolute atomic E-state index is 0.154. The highest BCUT2D eigenvalue weighted by molar-refractivity contribution is 5.73. The molecule has 0 spiro atoms. The van der Waals surface area contributed by atoms with Crippen molar-refractivity contribution >= 4 is 5.97 Å². The molecule has 4 heteroatoms. The van der Waals surface area contributed by atoms with E-state index in [0.717, 1.165) is 36.8 Å². The van der Waals surface area contributed by atoms with Gasteiger partial charge in [-0.1, -0.05) is 25.0 Å². The lowest BCUT2D eigenvalue weighted by Gasteiger charge is -2.47. The third-order valence-corrected chi connectivity index (χ3v) is 5.67. The Morgan fingerprint density at radius 3 is 2.88 bits per heavy atom. The number of phenols is 1. The smallest absolute Gasteiger partial charge is 0.310 e. The predicted molar refractivity (Wildman–Crippen MR) is 102 cm³/mol. The highest BCUT2D eigenvalue weighted by Gasteiger charge is 2.45. The van der Waals surface area contributed by atoms with Crippen molar-refractivity contribution in [2.24, 2.45) is 5.92 Å². The predicted octanol–water partition coefficient (Wildman–Crippen LogP) is 4.89. The third kappa shape index (κ3) is 3.74. The van der Waals surface area contributed by atoms with Crippen LogP contribution in [0.4, 0.5) is 0 Å². The van der Waals surface area contributed by atoms with Crippen molar-refractivity contribution in [2.75, 3.05) is 6.61 Å². The maximum absolute atomic E-state index is 12.0. The van der Waals surface area contributed by atoms with E-state index in [1.54, 1.807) is 6.07 Å². The Balaban J connectivity index is 1.86. The number of aromatic hydroxyl groups is 1. The topological polar surface area (TPSA) is 55.8 Å². The van der Waals surface area contributed by atoms with E-state index in [9.17, 15) is 9.90 Å². The summed E-state index contributed by atoms with van der Waals surface area (Å²) >= 11 is 0. The van der Waals surface area contributed by atoms with Crippen molar-refractivity contribution in [3.63, 3.8) is 0 Å². The average molecular weight is 358 g/mol. The van der Waals surface area contributed by atoms with Crippen LogP contribution >= 0.6 is 0 Å². The van der Waals surface area contributed by atoms with Crippen molar-refractivity contribution in [1.82, 2.24) is 0 Å². The van der Waals surface area contributed by atoms with E-state index in [1.165, 1.54) is 5.57 Å². The van der Waals surface area contributed by atoms with E-state index in [2.05, 4.69) is 33.8 Å². The number of fused-ring (bicyclic) bond motifs is 3. The summed E-state index contributed by atoms with van der Waals surface area (Å²) in [4.78, 5) is 12.0. The Labute approximate surface area is 156 Å². The van der Waals surface area contributed by atoms with Crippen LogP contribution in [0.3, 0.4) is 0 Å². The molecule has 1 aliphatic heterocycles. The Morgan fingerprint density at radius 2 is 2.15 bits per heavy atom. The summed E-state index contributed by atoms with van der Waals surface area (Å²) in [7, 11) is 0. The van der Waals surface area contributed by atoms with Gasteiger partial charge in [0.2, 0.25) is 0 Å². The highest BCUT2D eigenvalue weighted by Crippen LogP contribution is 2.54. The summed E-state index contributed by atoms with van der Waals surface area (Å²) in [6.45, 7) is 8.89. The zero-order valence-corrected chi connectivity index (χ0v) is 16.3. The second kappa shape index (κ2) is 7.34. The molecule has 0 saturated carbocycles. The van der Waals surface area contributed by atoms with Gasteiger partial charge < -0.3 is 14.6 Å². The van der Waals surface area contributed by atoms with Gasteiger partial charge in [0.1, 0.15) is 17.1 Å². The van der Waals surface area contributed by atoms with E-state index in [4.69, 9.17) is 9.47 Å². The summed E-state index contributed by atoms with van der Waals surface area (Å²) in [5.74, 6) is 1.28. The van der Waals surface area contributed by atoms with Gasteiger partial charge in [-0.3, -0.25) is 4.79 Å². The molecule has 1 N–H and O–H groups in total. The van der Waals surface area contributed by atoms with Crippen LogP contribution < -0.4 is 4.74 Å². The monoisotopic (exact) mass is 358 g/mol. The van der Waals surface area contributed by atoms with Gasteiger partial charge in [-0.15, -0.1) is 0 Å². The Hall–Kier alpha value is -1.97. The third-order valence-electron chi connectivity index (χ3n) is 5.67. The van der Waals surface area contributed by atoms with Gasteiger partial charge in [0.15, 0.2) is 0 Å². The number of rotatable bonds is 5. The Morgan fingerprint density at radius 1 is 1.38 bits per heavy atom. The first-order valence-electron chi connectivity index (χ1n) is 9.68. The molecular formula is C22H30O4.